The number of halogens is 5. The first-order valence-electron chi connectivity index (χ1n) is 10.1. The van der Waals surface area contributed by atoms with Crippen LogP contribution in [-0.4, -0.2) is 30.4 Å². The molecule has 180 valence electrons. The molecule has 3 aromatic rings. The van der Waals surface area contributed by atoms with Crippen molar-refractivity contribution in [3.05, 3.63) is 61.7 Å². The third-order valence-corrected chi connectivity index (χ3v) is 6.36. The van der Waals surface area contributed by atoms with Crippen molar-refractivity contribution in [2.75, 3.05) is 13.2 Å². The van der Waals surface area contributed by atoms with Crippen molar-refractivity contribution in [3.8, 4) is 17.1 Å². The first-order valence-corrected chi connectivity index (χ1v) is 11.3. The summed E-state index contributed by atoms with van der Waals surface area (Å²) in [6.07, 6.45) is -3.97. The van der Waals surface area contributed by atoms with E-state index in [1.807, 2.05) is 0 Å². The second kappa shape index (κ2) is 9.59. The summed E-state index contributed by atoms with van der Waals surface area (Å²) in [5.41, 5.74) is -1.69. The molecule has 1 fully saturated rings. The number of aliphatic carboxylic acids is 1. The Labute approximate surface area is 204 Å². The Kier molecular flexibility index (Phi) is 6.93. The lowest BCUT2D eigenvalue weighted by atomic mass is 9.82. The van der Waals surface area contributed by atoms with Gasteiger partial charge in [-0.25, -0.2) is 0 Å². The summed E-state index contributed by atoms with van der Waals surface area (Å²) in [5, 5.41) is 8.14. The number of hydrogen-bond donors (Lipinski definition) is 1. The summed E-state index contributed by atoms with van der Waals surface area (Å²) in [5.74, 6) is -0.927. The van der Waals surface area contributed by atoms with Gasteiger partial charge in [-0.05, 0) is 43.2 Å². The lowest BCUT2D eigenvalue weighted by molar-refractivity contribution is -0.151. The van der Waals surface area contributed by atoms with Gasteiger partial charge in [0.25, 0.3) is 0 Å². The molecule has 0 spiro atoms. The molecule has 6 nitrogen and oxygen atoms in total. The van der Waals surface area contributed by atoms with E-state index in [0.29, 0.717) is 28.6 Å². The van der Waals surface area contributed by atoms with Gasteiger partial charge in [-0.2, -0.15) is 13.2 Å². The van der Waals surface area contributed by atoms with E-state index in [0.717, 1.165) is 12.1 Å². The van der Waals surface area contributed by atoms with E-state index in [1.165, 1.54) is 6.07 Å². The highest BCUT2D eigenvalue weighted by Crippen LogP contribution is 2.40. The topological polar surface area (TPSA) is 86.0 Å². The molecule has 0 aliphatic heterocycles. The molecule has 0 amide bonds. The molecule has 4 rings (SSSR count). The SMILES string of the molecule is O=c1cc(-c2ccc(Br)cc2OCCO[C@H]2C[C@H](C(=O)O)C2)oc2c(Cl)c(C(F)(F)F)ccc12. The quantitative estimate of drug-likeness (QED) is 0.348. The van der Waals surface area contributed by atoms with Crippen LogP contribution in [0, 0.1) is 5.92 Å². The van der Waals surface area contributed by atoms with Gasteiger partial charge in [-0.1, -0.05) is 27.5 Å². The van der Waals surface area contributed by atoms with E-state index in [-0.39, 0.29) is 42.0 Å². The lowest BCUT2D eigenvalue weighted by Gasteiger charge is -2.32. The Hall–Kier alpha value is -2.56. The molecular formula is C23H17BrClF3O6. The summed E-state index contributed by atoms with van der Waals surface area (Å²) >= 11 is 9.29. The van der Waals surface area contributed by atoms with Crippen molar-refractivity contribution >= 4 is 44.5 Å². The van der Waals surface area contributed by atoms with Gasteiger partial charge in [0.05, 0.1) is 40.2 Å². The van der Waals surface area contributed by atoms with Gasteiger partial charge in [-0.15, -0.1) is 0 Å². The van der Waals surface area contributed by atoms with E-state index in [1.54, 1.807) is 18.2 Å². The summed E-state index contributed by atoms with van der Waals surface area (Å²) in [6.45, 7) is 0.319. The van der Waals surface area contributed by atoms with Gasteiger partial charge >= 0.3 is 12.1 Å². The molecule has 34 heavy (non-hydrogen) atoms. The Bertz CT molecular complexity index is 1300. The minimum atomic E-state index is -4.71. The number of benzene rings is 2. The van der Waals surface area contributed by atoms with Crippen LogP contribution in [0.1, 0.15) is 18.4 Å². The molecule has 0 radical (unpaired) electrons. The molecule has 0 bridgehead atoms. The molecule has 11 heteroatoms. The molecule has 0 unspecified atom stereocenters. The average molecular weight is 562 g/mol. The fourth-order valence-corrected chi connectivity index (χ4v) is 4.28. The van der Waals surface area contributed by atoms with Gasteiger partial charge in [0, 0.05) is 10.5 Å². The summed E-state index contributed by atoms with van der Waals surface area (Å²) in [4.78, 5) is 23.5. The highest BCUT2D eigenvalue weighted by molar-refractivity contribution is 9.10. The van der Waals surface area contributed by atoms with Crippen molar-refractivity contribution in [1.29, 1.82) is 0 Å². The summed E-state index contributed by atoms with van der Waals surface area (Å²) in [7, 11) is 0. The Balaban J connectivity index is 1.58. The first-order chi connectivity index (χ1) is 16.0. The van der Waals surface area contributed by atoms with Crippen molar-refractivity contribution in [2.45, 2.75) is 25.1 Å². The largest absolute Gasteiger partial charge is 0.490 e. The van der Waals surface area contributed by atoms with E-state index < -0.39 is 28.2 Å². The van der Waals surface area contributed by atoms with Gasteiger partial charge in [0.15, 0.2) is 11.0 Å². The van der Waals surface area contributed by atoms with E-state index in [9.17, 15) is 22.8 Å². The maximum absolute atomic E-state index is 13.3. The van der Waals surface area contributed by atoms with Crippen LogP contribution in [0.25, 0.3) is 22.3 Å². The number of carbonyl (C=O) groups is 1. The second-order valence-electron chi connectivity index (χ2n) is 7.76. The van der Waals surface area contributed by atoms with Crippen LogP contribution in [0.15, 0.2) is 50.1 Å². The molecule has 1 saturated carbocycles. The van der Waals surface area contributed by atoms with Crippen LogP contribution in [0.4, 0.5) is 13.2 Å². The minimum absolute atomic E-state index is 0.00886. The van der Waals surface area contributed by atoms with Crippen LogP contribution >= 0.6 is 27.5 Å². The molecule has 1 heterocycles. The van der Waals surface area contributed by atoms with Crippen molar-refractivity contribution in [3.63, 3.8) is 0 Å². The number of carboxylic acid groups (broad SMARTS) is 1. The third kappa shape index (κ3) is 5.08. The maximum Gasteiger partial charge on any atom is 0.417 e. The first kappa shape index (κ1) is 24.6. The fourth-order valence-electron chi connectivity index (χ4n) is 3.63. The highest BCUT2D eigenvalue weighted by atomic mass is 79.9. The molecule has 1 aliphatic rings. The fraction of sp³-hybridized carbons (Fsp3) is 0.304. The molecule has 1 aliphatic carbocycles. The van der Waals surface area contributed by atoms with Crippen LogP contribution in [0.3, 0.4) is 0 Å². The molecule has 1 aromatic heterocycles. The summed E-state index contributed by atoms with van der Waals surface area (Å²) < 4.78 is 57.5. The zero-order valence-electron chi connectivity index (χ0n) is 17.3. The molecular weight excluding hydrogens is 545 g/mol. The zero-order valence-corrected chi connectivity index (χ0v) is 19.7. The van der Waals surface area contributed by atoms with Crippen LogP contribution in [0.2, 0.25) is 5.02 Å². The normalized spacial score (nSPS) is 18.0. The molecule has 2 aromatic carbocycles. The zero-order chi connectivity index (χ0) is 24.6. The van der Waals surface area contributed by atoms with Gasteiger partial charge in [-0.3, -0.25) is 9.59 Å². The predicted octanol–water partition coefficient (Wildman–Crippen LogP) is 6.15. The predicted molar refractivity (Wildman–Crippen MR) is 121 cm³/mol. The standard InChI is InChI=1S/C23H17BrClF3O6/c24-12-1-2-15(18(9-12)33-6-5-32-13-7-11(8-13)22(30)31)19-10-17(29)14-3-4-16(23(26,27)28)20(25)21(14)34-19/h1-4,9-11,13H,5-8H2,(H,30,31)/t11-,13-. The smallest absolute Gasteiger partial charge is 0.417 e. The Morgan fingerprint density at radius 2 is 1.91 bits per heavy atom. The van der Waals surface area contributed by atoms with E-state index >= 15 is 0 Å². The number of hydrogen-bond acceptors (Lipinski definition) is 5. The highest BCUT2D eigenvalue weighted by Gasteiger charge is 2.35. The van der Waals surface area contributed by atoms with Gasteiger partial charge in [0.2, 0.25) is 0 Å². The van der Waals surface area contributed by atoms with Gasteiger partial charge < -0.3 is 19.0 Å². The van der Waals surface area contributed by atoms with Crippen molar-refractivity contribution in [1.82, 2.24) is 0 Å². The molecule has 1 N–H and O–H groups in total. The van der Waals surface area contributed by atoms with Crippen molar-refractivity contribution in [2.24, 2.45) is 5.92 Å². The average Bonchev–Trinajstić information content (AvgIpc) is 2.71. The Morgan fingerprint density at radius 3 is 2.59 bits per heavy atom. The maximum atomic E-state index is 13.3. The Morgan fingerprint density at radius 1 is 1.18 bits per heavy atom. The third-order valence-electron chi connectivity index (χ3n) is 5.49. The number of rotatable bonds is 7. The van der Waals surface area contributed by atoms with Crippen molar-refractivity contribution < 1.29 is 37.0 Å². The monoisotopic (exact) mass is 560 g/mol. The van der Waals surface area contributed by atoms with E-state index in [2.05, 4.69) is 15.9 Å². The number of ether oxygens (including phenoxy) is 2. The second-order valence-corrected chi connectivity index (χ2v) is 9.06. The molecule has 0 atom stereocenters. The number of fused-ring (bicyclic) bond motifs is 1. The van der Waals surface area contributed by atoms with Crippen LogP contribution < -0.4 is 10.2 Å². The van der Waals surface area contributed by atoms with Gasteiger partial charge in [0.1, 0.15) is 18.1 Å². The van der Waals surface area contributed by atoms with Crippen LogP contribution in [-0.2, 0) is 15.7 Å². The number of carboxylic acids is 1. The minimum Gasteiger partial charge on any atom is -0.490 e. The molecule has 0 saturated heterocycles. The van der Waals surface area contributed by atoms with Crippen LogP contribution in [0.5, 0.6) is 5.75 Å². The number of alkyl halides is 3. The lowest BCUT2D eigenvalue weighted by Crippen LogP contribution is -2.37. The summed E-state index contributed by atoms with van der Waals surface area (Å²) in [6, 6.07) is 7.82. The van der Waals surface area contributed by atoms with E-state index in [4.69, 9.17) is 30.6 Å².